The number of thiophene rings is 1. The fraction of sp³-hybridized carbons (Fsp3) is 0.643. The van der Waals surface area contributed by atoms with Crippen LogP contribution in [0.4, 0.5) is 0 Å². The van der Waals surface area contributed by atoms with Crippen LogP contribution >= 0.6 is 22.9 Å². The van der Waals surface area contributed by atoms with Crippen LogP contribution in [-0.2, 0) is 11.3 Å². The fourth-order valence-electron chi connectivity index (χ4n) is 2.68. The quantitative estimate of drug-likeness (QED) is 0.856. The zero-order valence-electron chi connectivity index (χ0n) is 11.1. The van der Waals surface area contributed by atoms with Crippen molar-refractivity contribution >= 4 is 28.8 Å². The van der Waals surface area contributed by atoms with E-state index in [1.165, 1.54) is 4.88 Å². The number of hydrogen-bond donors (Lipinski definition) is 0. The maximum absolute atomic E-state index is 12.1. The van der Waals surface area contributed by atoms with Crippen molar-refractivity contribution in [3.63, 3.8) is 0 Å². The normalized spacial score (nSPS) is 27.6. The molecule has 2 heterocycles. The number of nitrogens with zero attached hydrogens (tertiary/aromatic N) is 2. The van der Waals surface area contributed by atoms with Crippen molar-refractivity contribution in [2.75, 3.05) is 26.2 Å². The maximum atomic E-state index is 12.1. The van der Waals surface area contributed by atoms with Gasteiger partial charge in [-0.2, -0.15) is 0 Å². The molecule has 1 aliphatic carbocycles. The van der Waals surface area contributed by atoms with Crippen molar-refractivity contribution < 1.29 is 4.79 Å². The summed E-state index contributed by atoms with van der Waals surface area (Å²) in [6.07, 6.45) is 1.09. The third-order valence-electron chi connectivity index (χ3n) is 4.12. The second-order valence-electron chi connectivity index (χ2n) is 5.63. The molecule has 1 aliphatic heterocycles. The lowest BCUT2D eigenvalue weighted by atomic mass is 10.2. The molecule has 3 nitrogen and oxygen atoms in total. The highest BCUT2D eigenvalue weighted by Gasteiger charge is 2.41. The van der Waals surface area contributed by atoms with Crippen LogP contribution < -0.4 is 0 Å². The standard InChI is InChI=1S/C14H19ClN2OS/c1-10-8-12(10)14(18)17-6-4-16(5-7-17)9-11-2-3-13(15)19-11/h2-3,10,12H,4-9H2,1H3. The molecule has 0 aromatic carbocycles. The van der Waals surface area contributed by atoms with Gasteiger partial charge >= 0.3 is 0 Å². The van der Waals surface area contributed by atoms with E-state index in [4.69, 9.17) is 11.6 Å². The second kappa shape index (κ2) is 5.43. The predicted molar refractivity (Wildman–Crippen MR) is 78.5 cm³/mol. The Morgan fingerprint density at radius 3 is 2.58 bits per heavy atom. The Bertz CT molecular complexity index is 468. The number of piperazine rings is 1. The number of hydrogen-bond acceptors (Lipinski definition) is 3. The molecule has 5 heteroatoms. The summed E-state index contributed by atoms with van der Waals surface area (Å²) in [4.78, 5) is 17.9. The number of halogens is 1. The van der Waals surface area contributed by atoms with Gasteiger partial charge in [-0.15, -0.1) is 11.3 Å². The third-order valence-corrected chi connectivity index (χ3v) is 5.33. The lowest BCUT2D eigenvalue weighted by Crippen LogP contribution is -2.48. The molecule has 1 aromatic heterocycles. The van der Waals surface area contributed by atoms with E-state index in [0.29, 0.717) is 17.7 Å². The van der Waals surface area contributed by atoms with Crippen molar-refractivity contribution in [3.05, 3.63) is 21.3 Å². The first-order valence-corrected chi connectivity index (χ1v) is 8.08. The van der Waals surface area contributed by atoms with Gasteiger partial charge in [0, 0.05) is 43.5 Å². The van der Waals surface area contributed by atoms with Crippen LogP contribution in [0.5, 0.6) is 0 Å². The minimum Gasteiger partial charge on any atom is -0.340 e. The molecule has 2 aliphatic rings. The van der Waals surface area contributed by atoms with Crippen LogP contribution in [0.15, 0.2) is 12.1 Å². The molecule has 1 amide bonds. The van der Waals surface area contributed by atoms with Gasteiger partial charge < -0.3 is 4.90 Å². The van der Waals surface area contributed by atoms with Gasteiger partial charge in [0.05, 0.1) is 4.34 Å². The van der Waals surface area contributed by atoms with Crippen molar-refractivity contribution in [2.45, 2.75) is 19.9 Å². The average molecular weight is 299 g/mol. The number of rotatable bonds is 3. The topological polar surface area (TPSA) is 23.6 Å². The van der Waals surface area contributed by atoms with Crippen LogP contribution in [0.3, 0.4) is 0 Å². The van der Waals surface area contributed by atoms with Crippen LogP contribution in [0.1, 0.15) is 18.2 Å². The predicted octanol–water partition coefficient (Wildman–Crippen LogP) is 2.70. The molecule has 1 saturated carbocycles. The van der Waals surface area contributed by atoms with E-state index in [1.807, 2.05) is 11.0 Å². The van der Waals surface area contributed by atoms with Gasteiger partial charge in [-0.05, 0) is 24.5 Å². The highest BCUT2D eigenvalue weighted by atomic mass is 35.5. The summed E-state index contributed by atoms with van der Waals surface area (Å²) in [5, 5.41) is 0. The molecule has 2 unspecified atom stereocenters. The summed E-state index contributed by atoms with van der Waals surface area (Å²) in [7, 11) is 0. The summed E-state index contributed by atoms with van der Waals surface area (Å²) in [6, 6.07) is 4.05. The van der Waals surface area contributed by atoms with Gasteiger partial charge in [-0.3, -0.25) is 9.69 Å². The van der Waals surface area contributed by atoms with Crippen molar-refractivity contribution in [1.82, 2.24) is 9.80 Å². The molecule has 2 fully saturated rings. The summed E-state index contributed by atoms with van der Waals surface area (Å²) >= 11 is 7.59. The second-order valence-corrected chi connectivity index (χ2v) is 7.43. The molecule has 1 aromatic rings. The highest BCUT2D eigenvalue weighted by molar-refractivity contribution is 7.16. The maximum Gasteiger partial charge on any atom is 0.226 e. The minimum absolute atomic E-state index is 0.322. The van der Waals surface area contributed by atoms with Crippen LogP contribution in [-0.4, -0.2) is 41.9 Å². The Kier molecular flexibility index (Phi) is 3.83. The molecule has 104 valence electrons. The molecule has 19 heavy (non-hydrogen) atoms. The van der Waals surface area contributed by atoms with Crippen molar-refractivity contribution in [3.8, 4) is 0 Å². The fourth-order valence-corrected chi connectivity index (χ4v) is 3.81. The Balaban J connectivity index is 1.48. The van der Waals surface area contributed by atoms with E-state index in [0.717, 1.165) is 43.5 Å². The molecule has 0 radical (unpaired) electrons. The van der Waals surface area contributed by atoms with Crippen LogP contribution in [0.25, 0.3) is 0 Å². The zero-order chi connectivity index (χ0) is 13.4. The Morgan fingerprint density at radius 2 is 2.05 bits per heavy atom. The lowest BCUT2D eigenvalue weighted by Gasteiger charge is -2.34. The summed E-state index contributed by atoms with van der Waals surface area (Å²) in [6.45, 7) is 6.83. The number of amides is 1. The summed E-state index contributed by atoms with van der Waals surface area (Å²) in [5.41, 5.74) is 0. The number of carbonyl (C=O) groups excluding carboxylic acids is 1. The van der Waals surface area contributed by atoms with E-state index in [-0.39, 0.29) is 0 Å². The van der Waals surface area contributed by atoms with Gasteiger partial charge in [0.2, 0.25) is 5.91 Å². The molecule has 0 spiro atoms. The van der Waals surface area contributed by atoms with E-state index in [9.17, 15) is 4.79 Å². The van der Waals surface area contributed by atoms with E-state index < -0.39 is 0 Å². The summed E-state index contributed by atoms with van der Waals surface area (Å²) < 4.78 is 0.853. The van der Waals surface area contributed by atoms with Crippen molar-refractivity contribution in [2.24, 2.45) is 11.8 Å². The van der Waals surface area contributed by atoms with Gasteiger partial charge in [0.25, 0.3) is 0 Å². The van der Waals surface area contributed by atoms with Gasteiger partial charge in [0.1, 0.15) is 0 Å². The van der Waals surface area contributed by atoms with Gasteiger partial charge in [-0.25, -0.2) is 0 Å². The van der Waals surface area contributed by atoms with Crippen LogP contribution in [0, 0.1) is 11.8 Å². The van der Waals surface area contributed by atoms with Gasteiger partial charge in [0.15, 0.2) is 0 Å². The monoisotopic (exact) mass is 298 g/mol. The molecule has 0 N–H and O–H groups in total. The first-order valence-electron chi connectivity index (χ1n) is 6.89. The Labute approximate surface area is 123 Å². The largest absolute Gasteiger partial charge is 0.340 e. The minimum atomic E-state index is 0.322. The van der Waals surface area contributed by atoms with E-state index >= 15 is 0 Å². The van der Waals surface area contributed by atoms with E-state index in [1.54, 1.807) is 11.3 Å². The Hall–Kier alpha value is -0.580. The molecular weight excluding hydrogens is 280 g/mol. The first kappa shape index (κ1) is 13.4. The zero-order valence-corrected chi connectivity index (χ0v) is 12.7. The lowest BCUT2D eigenvalue weighted by molar-refractivity contribution is -0.134. The molecule has 2 atom stereocenters. The molecule has 1 saturated heterocycles. The third kappa shape index (κ3) is 3.12. The van der Waals surface area contributed by atoms with Gasteiger partial charge in [-0.1, -0.05) is 18.5 Å². The SMILES string of the molecule is CC1CC1C(=O)N1CCN(Cc2ccc(Cl)s2)CC1. The average Bonchev–Trinajstić information content (AvgIpc) is 2.99. The molecular formula is C14H19ClN2OS. The first-order chi connectivity index (χ1) is 9.13. The van der Waals surface area contributed by atoms with E-state index in [2.05, 4.69) is 17.9 Å². The van der Waals surface area contributed by atoms with Crippen LogP contribution in [0.2, 0.25) is 4.34 Å². The highest BCUT2D eigenvalue weighted by Crippen LogP contribution is 2.39. The van der Waals surface area contributed by atoms with Crippen molar-refractivity contribution in [1.29, 1.82) is 0 Å². The molecule has 3 rings (SSSR count). The number of carbonyl (C=O) groups is 1. The molecule has 0 bridgehead atoms. The smallest absolute Gasteiger partial charge is 0.226 e. The Morgan fingerprint density at radius 1 is 1.37 bits per heavy atom. The summed E-state index contributed by atoms with van der Waals surface area (Å²) in [5.74, 6) is 1.31.